The van der Waals surface area contributed by atoms with Crippen LogP contribution in [-0.2, 0) is 10.0 Å². The molecule has 0 amide bonds. The van der Waals surface area contributed by atoms with Crippen LogP contribution in [0.25, 0.3) is 0 Å². The first-order valence-electron chi connectivity index (χ1n) is 6.40. The second kappa shape index (κ2) is 7.61. The molecule has 0 aromatic carbocycles. The highest BCUT2D eigenvalue weighted by Crippen LogP contribution is 2.30. The van der Waals surface area contributed by atoms with Crippen molar-refractivity contribution in [1.29, 1.82) is 0 Å². The Morgan fingerprint density at radius 2 is 2.12 bits per heavy atom. The lowest BCUT2D eigenvalue weighted by Gasteiger charge is -2.20. The number of rotatable bonds is 8. The predicted molar refractivity (Wildman–Crippen MR) is 74.8 cm³/mol. The SMILES string of the molecule is CCSC1CCCC1NS(=O)(=O)CCCCN. The van der Waals surface area contributed by atoms with E-state index in [1.54, 1.807) is 0 Å². The van der Waals surface area contributed by atoms with Crippen LogP contribution in [0, 0.1) is 0 Å². The lowest BCUT2D eigenvalue weighted by atomic mass is 10.3. The topological polar surface area (TPSA) is 72.2 Å². The zero-order valence-electron chi connectivity index (χ0n) is 10.5. The van der Waals surface area contributed by atoms with Crippen molar-refractivity contribution in [3.63, 3.8) is 0 Å². The highest BCUT2D eigenvalue weighted by Gasteiger charge is 2.30. The van der Waals surface area contributed by atoms with Gasteiger partial charge in [-0.25, -0.2) is 13.1 Å². The molecule has 102 valence electrons. The first-order chi connectivity index (χ1) is 8.09. The van der Waals surface area contributed by atoms with Crippen molar-refractivity contribution in [2.45, 2.75) is 50.3 Å². The summed E-state index contributed by atoms with van der Waals surface area (Å²) in [6.07, 6.45) is 4.68. The molecule has 1 rings (SSSR count). The second-order valence-electron chi connectivity index (χ2n) is 4.46. The highest BCUT2D eigenvalue weighted by atomic mass is 32.2. The first kappa shape index (κ1) is 15.3. The van der Waals surface area contributed by atoms with Gasteiger partial charge in [-0.2, -0.15) is 11.8 Å². The summed E-state index contributed by atoms with van der Waals surface area (Å²) in [5, 5.41) is 0.462. The molecule has 0 aliphatic heterocycles. The van der Waals surface area contributed by atoms with Gasteiger partial charge < -0.3 is 5.73 Å². The van der Waals surface area contributed by atoms with E-state index in [9.17, 15) is 8.42 Å². The van der Waals surface area contributed by atoms with Crippen LogP contribution in [0.1, 0.15) is 39.0 Å². The fourth-order valence-electron chi connectivity index (χ4n) is 2.20. The minimum atomic E-state index is -3.11. The van der Waals surface area contributed by atoms with Crippen LogP contribution in [-0.4, -0.2) is 37.8 Å². The molecule has 0 bridgehead atoms. The average Bonchev–Trinajstić information content (AvgIpc) is 2.66. The van der Waals surface area contributed by atoms with Crippen molar-refractivity contribution in [2.24, 2.45) is 5.73 Å². The van der Waals surface area contributed by atoms with Crippen molar-refractivity contribution in [1.82, 2.24) is 4.72 Å². The summed E-state index contributed by atoms with van der Waals surface area (Å²) in [5.41, 5.74) is 5.36. The minimum Gasteiger partial charge on any atom is -0.330 e. The molecule has 0 heterocycles. The minimum absolute atomic E-state index is 0.142. The molecule has 1 aliphatic carbocycles. The van der Waals surface area contributed by atoms with E-state index in [2.05, 4.69) is 11.6 Å². The van der Waals surface area contributed by atoms with E-state index in [0.29, 0.717) is 18.2 Å². The van der Waals surface area contributed by atoms with Gasteiger partial charge in [-0.1, -0.05) is 13.3 Å². The number of unbranched alkanes of at least 4 members (excludes halogenated alkanes) is 1. The van der Waals surface area contributed by atoms with Crippen LogP contribution < -0.4 is 10.5 Å². The van der Waals surface area contributed by atoms with Gasteiger partial charge in [-0.3, -0.25) is 0 Å². The molecule has 1 saturated carbocycles. The van der Waals surface area contributed by atoms with Gasteiger partial charge in [-0.05, 0) is 38.0 Å². The molecule has 1 fully saturated rings. The van der Waals surface area contributed by atoms with Crippen molar-refractivity contribution < 1.29 is 8.42 Å². The normalized spacial score (nSPS) is 25.3. The van der Waals surface area contributed by atoms with Gasteiger partial charge in [0.2, 0.25) is 10.0 Å². The van der Waals surface area contributed by atoms with Gasteiger partial charge in [0.25, 0.3) is 0 Å². The summed E-state index contributed by atoms with van der Waals surface area (Å²) in [6.45, 7) is 2.68. The standard InChI is InChI=1S/C11H24N2O2S2/c1-2-16-11-7-5-6-10(11)13-17(14,15)9-4-3-8-12/h10-11,13H,2-9,12H2,1H3. The monoisotopic (exact) mass is 280 g/mol. The van der Waals surface area contributed by atoms with Crippen molar-refractivity contribution in [2.75, 3.05) is 18.1 Å². The molecular formula is C11H24N2O2S2. The van der Waals surface area contributed by atoms with E-state index < -0.39 is 10.0 Å². The Balaban J connectivity index is 2.40. The maximum absolute atomic E-state index is 11.8. The molecule has 2 atom stereocenters. The zero-order valence-corrected chi connectivity index (χ0v) is 12.2. The Kier molecular flexibility index (Phi) is 6.84. The summed E-state index contributed by atoms with van der Waals surface area (Å²) >= 11 is 1.87. The number of nitrogens with one attached hydrogen (secondary N) is 1. The summed E-state index contributed by atoms with van der Waals surface area (Å²) < 4.78 is 26.6. The predicted octanol–water partition coefficient (Wildman–Crippen LogP) is 1.32. The quantitative estimate of drug-likeness (QED) is 0.658. The van der Waals surface area contributed by atoms with Crippen LogP contribution in [0.5, 0.6) is 0 Å². The van der Waals surface area contributed by atoms with E-state index in [4.69, 9.17) is 5.73 Å². The Labute approximate surface area is 109 Å². The molecule has 0 saturated heterocycles. The van der Waals surface area contributed by atoms with Crippen LogP contribution >= 0.6 is 11.8 Å². The first-order valence-corrected chi connectivity index (χ1v) is 9.11. The van der Waals surface area contributed by atoms with Gasteiger partial charge in [0.05, 0.1) is 5.75 Å². The van der Waals surface area contributed by atoms with E-state index >= 15 is 0 Å². The number of sulfonamides is 1. The second-order valence-corrected chi connectivity index (χ2v) is 7.85. The Morgan fingerprint density at radius 1 is 1.35 bits per heavy atom. The van der Waals surface area contributed by atoms with E-state index in [-0.39, 0.29) is 11.8 Å². The largest absolute Gasteiger partial charge is 0.330 e. The molecular weight excluding hydrogens is 256 g/mol. The van der Waals surface area contributed by atoms with Crippen LogP contribution in [0.4, 0.5) is 0 Å². The Bertz CT molecular complexity index is 307. The molecule has 0 aromatic rings. The van der Waals surface area contributed by atoms with Crippen molar-refractivity contribution in [3.05, 3.63) is 0 Å². The van der Waals surface area contributed by atoms with Crippen LogP contribution in [0.15, 0.2) is 0 Å². The third-order valence-corrected chi connectivity index (χ3v) is 5.85. The summed E-state index contributed by atoms with van der Waals surface area (Å²) in [7, 11) is -3.11. The molecule has 2 unspecified atom stereocenters. The van der Waals surface area contributed by atoms with Gasteiger partial charge in [-0.15, -0.1) is 0 Å². The number of hydrogen-bond acceptors (Lipinski definition) is 4. The molecule has 6 heteroatoms. The molecule has 0 radical (unpaired) electrons. The third-order valence-electron chi connectivity index (χ3n) is 3.03. The number of thioether (sulfide) groups is 1. The highest BCUT2D eigenvalue weighted by molar-refractivity contribution is 8.00. The molecule has 0 aromatic heterocycles. The zero-order chi connectivity index (χ0) is 12.7. The van der Waals surface area contributed by atoms with Crippen molar-refractivity contribution >= 4 is 21.8 Å². The van der Waals surface area contributed by atoms with Gasteiger partial charge in [0.1, 0.15) is 0 Å². The van der Waals surface area contributed by atoms with E-state index in [1.807, 2.05) is 11.8 Å². The van der Waals surface area contributed by atoms with Gasteiger partial charge in [0.15, 0.2) is 0 Å². The summed E-state index contributed by atoms with van der Waals surface area (Å²) in [5.74, 6) is 1.26. The molecule has 1 aliphatic rings. The number of hydrogen-bond donors (Lipinski definition) is 2. The summed E-state index contributed by atoms with van der Waals surface area (Å²) in [6, 6.07) is 0.142. The van der Waals surface area contributed by atoms with Crippen LogP contribution in [0.2, 0.25) is 0 Å². The van der Waals surface area contributed by atoms with E-state index in [0.717, 1.165) is 31.4 Å². The maximum Gasteiger partial charge on any atom is 0.211 e. The summed E-state index contributed by atoms with van der Waals surface area (Å²) in [4.78, 5) is 0. The lowest BCUT2D eigenvalue weighted by Crippen LogP contribution is -2.40. The molecule has 0 spiro atoms. The smallest absolute Gasteiger partial charge is 0.211 e. The average molecular weight is 280 g/mol. The lowest BCUT2D eigenvalue weighted by molar-refractivity contribution is 0.552. The number of nitrogens with two attached hydrogens (primary N) is 1. The van der Waals surface area contributed by atoms with Gasteiger partial charge in [0, 0.05) is 11.3 Å². The van der Waals surface area contributed by atoms with Crippen molar-refractivity contribution in [3.8, 4) is 0 Å². The Hall–Kier alpha value is 0.220. The third kappa shape index (κ3) is 5.59. The Morgan fingerprint density at radius 3 is 2.76 bits per heavy atom. The molecule has 4 nitrogen and oxygen atoms in total. The van der Waals surface area contributed by atoms with Gasteiger partial charge >= 0.3 is 0 Å². The van der Waals surface area contributed by atoms with Crippen LogP contribution in [0.3, 0.4) is 0 Å². The molecule has 17 heavy (non-hydrogen) atoms. The maximum atomic E-state index is 11.8. The molecule has 3 N–H and O–H groups in total. The fraction of sp³-hybridized carbons (Fsp3) is 1.00. The van der Waals surface area contributed by atoms with E-state index in [1.165, 1.54) is 0 Å². The fourth-order valence-corrected chi connectivity index (χ4v) is 4.93.